The van der Waals surface area contributed by atoms with Gasteiger partial charge in [-0.2, -0.15) is 11.8 Å². The molecule has 0 heterocycles. The lowest BCUT2D eigenvalue weighted by Crippen LogP contribution is -2.50. The van der Waals surface area contributed by atoms with Crippen LogP contribution in [0, 0.1) is 5.82 Å². The van der Waals surface area contributed by atoms with Crippen LogP contribution in [0.4, 0.5) is 9.18 Å². The van der Waals surface area contributed by atoms with Gasteiger partial charge < -0.3 is 15.7 Å². The molecule has 0 radical (unpaired) electrons. The third-order valence-corrected chi connectivity index (χ3v) is 4.37. The number of amides is 2. The van der Waals surface area contributed by atoms with E-state index in [0.29, 0.717) is 12.3 Å². The molecule has 1 saturated carbocycles. The molecule has 2 rings (SSSR count). The molecule has 21 heavy (non-hydrogen) atoms. The van der Waals surface area contributed by atoms with Crippen molar-refractivity contribution in [3.63, 3.8) is 0 Å². The summed E-state index contributed by atoms with van der Waals surface area (Å²) in [6.07, 6.45) is 4.44. The predicted octanol–water partition coefficient (Wildman–Crippen LogP) is 2.40. The summed E-state index contributed by atoms with van der Waals surface area (Å²) in [6, 6.07) is 4.29. The molecule has 0 bridgehead atoms. The Bertz CT molecular complexity index is 506. The van der Waals surface area contributed by atoms with Crippen LogP contribution in [0.1, 0.15) is 30.4 Å². The number of hydrogen-bond donors (Lipinski definition) is 3. The largest absolute Gasteiger partial charge is 0.388 e. The molecule has 6 heteroatoms. The number of carbonyl (C=O) groups excluding carboxylic acids is 1. The van der Waals surface area contributed by atoms with Crippen molar-refractivity contribution >= 4 is 17.8 Å². The van der Waals surface area contributed by atoms with Crippen LogP contribution in [-0.4, -0.2) is 29.5 Å². The molecule has 0 atom stereocenters. The third-order valence-electron chi connectivity index (χ3n) is 3.77. The van der Waals surface area contributed by atoms with E-state index in [1.807, 2.05) is 6.26 Å². The fraction of sp³-hybridized carbons (Fsp3) is 0.533. The molecule has 0 unspecified atom stereocenters. The highest BCUT2D eigenvalue weighted by Crippen LogP contribution is 2.30. The number of benzene rings is 1. The lowest BCUT2D eigenvalue weighted by molar-refractivity contribution is -0.0290. The topological polar surface area (TPSA) is 61.4 Å². The second kappa shape index (κ2) is 7.13. The van der Waals surface area contributed by atoms with Gasteiger partial charge in [0.2, 0.25) is 0 Å². The number of nitrogens with one attached hydrogen (secondary N) is 2. The molecule has 0 aliphatic heterocycles. The van der Waals surface area contributed by atoms with Crippen molar-refractivity contribution in [2.24, 2.45) is 0 Å². The number of halogens is 1. The van der Waals surface area contributed by atoms with E-state index in [4.69, 9.17) is 0 Å². The second-order valence-electron chi connectivity index (χ2n) is 5.46. The number of carbonyl (C=O) groups is 1. The first kappa shape index (κ1) is 16.1. The molecule has 0 saturated heterocycles. The van der Waals surface area contributed by atoms with Crippen molar-refractivity contribution in [2.45, 2.75) is 37.2 Å². The predicted molar refractivity (Wildman–Crippen MR) is 82.7 cm³/mol. The summed E-state index contributed by atoms with van der Waals surface area (Å²) in [4.78, 5) is 11.7. The standard InChI is InChI=1S/C15H21FN2O2S/c1-21-9-12-7-13(16)4-3-11(12)8-17-14(19)18-10-15(20)5-2-6-15/h3-4,7,20H,2,5-6,8-10H2,1H3,(H2,17,18,19). The smallest absolute Gasteiger partial charge is 0.315 e. The highest BCUT2D eigenvalue weighted by atomic mass is 32.2. The van der Waals surface area contributed by atoms with Crippen LogP contribution >= 0.6 is 11.8 Å². The molecule has 1 aromatic rings. The summed E-state index contributed by atoms with van der Waals surface area (Å²) in [5.74, 6) is 0.440. The fourth-order valence-electron chi connectivity index (χ4n) is 2.30. The number of hydrogen-bond acceptors (Lipinski definition) is 3. The van der Waals surface area contributed by atoms with Crippen molar-refractivity contribution in [2.75, 3.05) is 12.8 Å². The van der Waals surface area contributed by atoms with Crippen LogP contribution in [0.2, 0.25) is 0 Å². The Labute approximate surface area is 128 Å². The maximum absolute atomic E-state index is 13.2. The molecule has 1 aromatic carbocycles. The first-order valence-electron chi connectivity index (χ1n) is 7.03. The Morgan fingerprint density at radius 1 is 1.38 bits per heavy atom. The molecule has 0 aromatic heterocycles. The van der Waals surface area contributed by atoms with Crippen molar-refractivity contribution in [3.05, 3.63) is 35.1 Å². The van der Waals surface area contributed by atoms with Gasteiger partial charge in [0.1, 0.15) is 5.82 Å². The molecular weight excluding hydrogens is 291 g/mol. The summed E-state index contributed by atoms with van der Waals surface area (Å²) in [5, 5.41) is 15.3. The monoisotopic (exact) mass is 312 g/mol. The quantitative estimate of drug-likeness (QED) is 0.756. The molecule has 2 amide bonds. The first-order chi connectivity index (χ1) is 10.0. The minimum atomic E-state index is -0.725. The van der Waals surface area contributed by atoms with E-state index < -0.39 is 5.60 Å². The first-order valence-corrected chi connectivity index (χ1v) is 8.42. The highest BCUT2D eigenvalue weighted by Gasteiger charge is 2.34. The van der Waals surface area contributed by atoms with Gasteiger partial charge in [-0.25, -0.2) is 9.18 Å². The van der Waals surface area contributed by atoms with Gasteiger partial charge in [-0.1, -0.05) is 6.07 Å². The van der Waals surface area contributed by atoms with E-state index in [9.17, 15) is 14.3 Å². The van der Waals surface area contributed by atoms with E-state index >= 15 is 0 Å². The van der Waals surface area contributed by atoms with Gasteiger partial charge in [0, 0.05) is 18.8 Å². The van der Waals surface area contributed by atoms with Crippen LogP contribution in [0.5, 0.6) is 0 Å². The normalized spacial score (nSPS) is 16.1. The Kier molecular flexibility index (Phi) is 5.47. The van der Waals surface area contributed by atoms with Gasteiger partial charge in [0.05, 0.1) is 5.60 Å². The van der Waals surface area contributed by atoms with E-state index in [0.717, 1.165) is 30.4 Å². The van der Waals surface area contributed by atoms with E-state index in [1.54, 1.807) is 17.8 Å². The van der Waals surface area contributed by atoms with E-state index in [2.05, 4.69) is 10.6 Å². The maximum atomic E-state index is 13.2. The van der Waals surface area contributed by atoms with E-state index in [1.165, 1.54) is 12.1 Å². The molecule has 3 N–H and O–H groups in total. The SMILES string of the molecule is CSCc1cc(F)ccc1CNC(=O)NCC1(O)CCC1. The van der Waals surface area contributed by atoms with Crippen molar-refractivity contribution in [1.82, 2.24) is 10.6 Å². The van der Waals surface area contributed by atoms with Gasteiger partial charge >= 0.3 is 6.03 Å². The van der Waals surface area contributed by atoms with Crippen LogP contribution in [0.15, 0.2) is 18.2 Å². The molecule has 1 aliphatic carbocycles. The number of rotatable bonds is 6. The van der Waals surface area contributed by atoms with Crippen LogP contribution < -0.4 is 10.6 Å². The number of thioether (sulfide) groups is 1. The number of urea groups is 1. The minimum Gasteiger partial charge on any atom is -0.388 e. The van der Waals surface area contributed by atoms with Gasteiger partial charge in [0.25, 0.3) is 0 Å². The molecule has 4 nitrogen and oxygen atoms in total. The van der Waals surface area contributed by atoms with Gasteiger partial charge in [-0.15, -0.1) is 0 Å². The van der Waals surface area contributed by atoms with Crippen molar-refractivity contribution < 1.29 is 14.3 Å². The maximum Gasteiger partial charge on any atom is 0.315 e. The lowest BCUT2D eigenvalue weighted by Gasteiger charge is -2.36. The van der Waals surface area contributed by atoms with Crippen LogP contribution in [0.3, 0.4) is 0 Å². The molecule has 1 aliphatic rings. The van der Waals surface area contributed by atoms with Crippen molar-refractivity contribution in [1.29, 1.82) is 0 Å². The minimum absolute atomic E-state index is 0.264. The van der Waals surface area contributed by atoms with E-state index in [-0.39, 0.29) is 18.4 Å². The lowest BCUT2D eigenvalue weighted by atomic mass is 9.80. The number of aliphatic hydroxyl groups is 1. The average Bonchev–Trinajstić information content (AvgIpc) is 2.42. The Morgan fingerprint density at radius 2 is 2.14 bits per heavy atom. The zero-order valence-electron chi connectivity index (χ0n) is 12.1. The zero-order valence-corrected chi connectivity index (χ0v) is 12.9. The van der Waals surface area contributed by atoms with Crippen molar-refractivity contribution in [3.8, 4) is 0 Å². The summed E-state index contributed by atoms with van der Waals surface area (Å²) in [5.41, 5.74) is 1.07. The summed E-state index contributed by atoms with van der Waals surface area (Å²) in [7, 11) is 0. The van der Waals surface area contributed by atoms with Gasteiger partial charge in [-0.05, 0) is 48.8 Å². The molecule has 0 spiro atoms. The van der Waals surface area contributed by atoms with Crippen LogP contribution in [-0.2, 0) is 12.3 Å². The Balaban J connectivity index is 1.83. The molecule has 1 fully saturated rings. The zero-order chi connectivity index (χ0) is 15.3. The summed E-state index contributed by atoms with van der Waals surface area (Å²) < 4.78 is 13.2. The summed E-state index contributed by atoms with van der Waals surface area (Å²) in [6.45, 7) is 0.625. The average molecular weight is 312 g/mol. The fourth-order valence-corrected chi connectivity index (χ4v) is 2.88. The third kappa shape index (κ3) is 4.61. The van der Waals surface area contributed by atoms with Gasteiger partial charge in [0.15, 0.2) is 0 Å². The summed E-state index contributed by atoms with van der Waals surface area (Å²) >= 11 is 1.61. The molecular formula is C15H21FN2O2S. The van der Waals surface area contributed by atoms with Gasteiger partial charge in [-0.3, -0.25) is 0 Å². The Morgan fingerprint density at radius 3 is 2.76 bits per heavy atom. The Hall–Kier alpha value is -1.27. The van der Waals surface area contributed by atoms with Crippen LogP contribution in [0.25, 0.3) is 0 Å². The second-order valence-corrected chi connectivity index (χ2v) is 6.33. The molecule has 116 valence electrons. The highest BCUT2D eigenvalue weighted by molar-refractivity contribution is 7.97.